The molecule has 4 rings (SSSR count). The monoisotopic (exact) mass is 451 g/mol. The van der Waals surface area contributed by atoms with Crippen molar-refractivity contribution >= 4 is 17.5 Å². The van der Waals surface area contributed by atoms with Crippen molar-refractivity contribution in [2.24, 2.45) is 11.1 Å². The van der Waals surface area contributed by atoms with Gasteiger partial charge in [0, 0.05) is 32.2 Å². The molecule has 0 radical (unpaired) electrons. The highest BCUT2D eigenvalue weighted by atomic mass is 19.1. The SMILES string of the molecule is Cc1ccc(CN(c2ncnc(NCC3(C#N)CCN(CC(N)=O)CC3)c2F)C2CC2)cc1. The Morgan fingerprint density at radius 1 is 1.30 bits per heavy atom. The maximum absolute atomic E-state index is 15.5. The number of nitrogens with one attached hydrogen (secondary N) is 1. The predicted octanol–water partition coefficient (Wildman–Crippen LogP) is 2.60. The van der Waals surface area contributed by atoms with E-state index in [0.717, 1.165) is 18.4 Å². The van der Waals surface area contributed by atoms with E-state index in [1.54, 1.807) is 0 Å². The molecule has 8 nitrogen and oxygen atoms in total. The minimum Gasteiger partial charge on any atom is -0.369 e. The molecule has 0 bridgehead atoms. The standard InChI is InChI=1S/C24H30FN7O/c1-17-2-4-18(5-3-17)12-32(19-6-7-19)23-21(25)22(29-16-30-23)28-15-24(14-26)8-10-31(11-9-24)13-20(27)33/h2-5,16,19H,6-13,15H2,1H3,(H2,27,33)(H,28,29,30). The number of likely N-dealkylation sites (tertiary alicyclic amines) is 1. The number of anilines is 2. The third-order valence-electron chi connectivity index (χ3n) is 6.53. The summed E-state index contributed by atoms with van der Waals surface area (Å²) >= 11 is 0. The fourth-order valence-electron chi connectivity index (χ4n) is 4.28. The van der Waals surface area contributed by atoms with Gasteiger partial charge in [-0.15, -0.1) is 0 Å². The number of nitrogens with two attached hydrogens (primary N) is 1. The van der Waals surface area contributed by atoms with Crippen molar-refractivity contribution in [1.29, 1.82) is 5.26 Å². The first-order valence-electron chi connectivity index (χ1n) is 11.4. The van der Waals surface area contributed by atoms with E-state index in [9.17, 15) is 10.1 Å². The zero-order chi connectivity index (χ0) is 23.4. The summed E-state index contributed by atoms with van der Waals surface area (Å²) < 4.78 is 15.5. The zero-order valence-electron chi connectivity index (χ0n) is 18.9. The Balaban J connectivity index is 1.46. The molecule has 3 N–H and O–H groups in total. The Morgan fingerprint density at radius 2 is 2.00 bits per heavy atom. The topological polar surface area (TPSA) is 111 Å². The second kappa shape index (κ2) is 9.71. The molecule has 0 spiro atoms. The minimum atomic E-state index is -0.649. The lowest BCUT2D eigenvalue weighted by molar-refractivity contribution is -0.119. The Labute approximate surface area is 193 Å². The molecule has 2 heterocycles. The molecule has 1 saturated carbocycles. The van der Waals surface area contributed by atoms with Gasteiger partial charge >= 0.3 is 0 Å². The Hall–Kier alpha value is -3.25. The van der Waals surface area contributed by atoms with E-state index < -0.39 is 11.2 Å². The number of aryl methyl sites for hydroxylation is 1. The van der Waals surface area contributed by atoms with E-state index in [-0.39, 0.29) is 36.7 Å². The van der Waals surface area contributed by atoms with Crippen LogP contribution in [0.1, 0.15) is 36.8 Å². The smallest absolute Gasteiger partial charge is 0.231 e. The summed E-state index contributed by atoms with van der Waals surface area (Å²) in [4.78, 5) is 23.5. The van der Waals surface area contributed by atoms with E-state index in [1.165, 1.54) is 11.9 Å². The second-order valence-electron chi connectivity index (χ2n) is 9.19. The molecule has 0 atom stereocenters. The Kier molecular flexibility index (Phi) is 6.75. The number of aromatic nitrogens is 2. The highest BCUT2D eigenvalue weighted by Gasteiger charge is 2.36. The van der Waals surface area contributed by atoms with Crippen LogP contribution in [-0.4, -0.2) is 53.0 Å². The lowest BCUT2D eigenvalue weighted by Gasteiger charge is -2.36. The number of amides is 1. The number of benzene rings is 1. The number of carbonyl (C=O) groups excluding carboxylic acids is 1. The molecule has 33 heavy (non-hydrogen) atoms. The number of nitriles is 1. The molecule has 1 saturated heterocycles. The Bertz CT molecular complexity index is 1020. The number of nitrogens with zero attached hydrogens (tertiary/aromatic N) is 5. The average molecular weight is 452 g/mol. The molecular formula is C24H30FN7O. The molecule has 2 aliphatic rings. The first-order chi connectivity index (χ1) is 15.9. The fourth-order valence-corrected chi connectivity index (χ4v) is 4.28. The number of carbonyl (C=O) groups is 1. The van der Waals surface area contributed by atoms with Crippen molar-refractivity contribution < 1.29 is 9.18 Å². The molecule has 174 valence electrons. The number of hydrogen-bond acceptors (Lipinski definition) is 7. The van der Waals surface area contributed by atoms with Gasteiger partial charge in [-0.1, -0.05) is 29.8 Å². The van der Waals surface area contributed by atoms with Crippen LogP contribution in [0.5, 0.6) is 0 Å². The van der Waals surface area contributed by atoms with Crippen LogP contribution in [0.25, 0.3) is 0 Å². The Morgan fingerprint density at radius 3 is 2.61 bits per heavy atom. The van der Waals surface area contributed by atoms with Gasteiger partial charge in [0.25, 0.3) is 0 Å². The van der Waals surface area contributed by atoms with Crippen LogP contribution >= 0.6 is 0 Å². The zero-order valence-corrected chi connectivity index (χ0v) is 18.9. The molecule has 1 aromatic heterocycles. The molecule has 2 fully saturated rings. The van der Waals surface area contributed by atoms with Crippen molar-refractivity contribution in [1.82, 2.24) is 14.9 Å². The first-order valence-corrected chi connectivity index (χ1v) is 11.4. The van der Waals surface area contributed by atoms with Gasteiger partial charge < -0.3 is 16.0 Å². The van der Waals surface area contributed by atoms with Crippen LogP contribution in [0.2, 0.25) is 0 Å². The predicted molar refractivity (Wildman–Crippen MR) is 124 cm³/mol. The molecule has 9 heteroatoms. The van der Waals surface area contributed by atoms with Crippen molar-refractivity contribution in [2.45, 2.75) is 45.2 Å². The summed E-state index contributed by atoms with van der Waals surface area (Å²) in [6, 6.07) is 10.9. The first kappa shape index (κ1) is 22.9. The fraction of sp³-hybridized carbons (Fsp3) is 0.500. The van der Waals surface area contributed by atoms with Gasteiger partial charge in [-0.05, 0) is 38.2 Å². The summed E-state index contributed by atoms with van der Waals surface area (Å²) in [6.07, 6.45) is 4.55. The molecule has 1 aliphatic heterocycles. The van der Waals surface area contributed by atoms with E-state index in [0.29, 0.717) is 32.5 Å². The van der Waals surface area contributed by atoms with E-state index in [1.807, 2.05) is 16.7 Å². The summed E-state index contributed by atoms with van der Waals surface area (Å²) in [5.74, 6) is -0.462. The molecule has 1 amide bonds. The highest BCUT2D eigenvalue weighted by Crippen LogP contribution is 2.35. The molecule has 2 aromatic rings. The van der Waals surface area contributed by atoms with Crippen LogP contribution in [0.4, 0.5) is 16.0 Å². The van der Waals surface area contributed by atoms with Gasteiger partial charge in [0.15, 0.2) is 11.6 Å². The molecule has 1 aromatic carbocycles. The number of halogens is 1. The third-order valence-corrected chi connectivity index (χ3v) is 6.53. The van der Waals surface area contributed by atoms with Gasteiger partial charge in [0.05, 0.1) is 18.0 Å². The number of piperidine rings is 1. The van der Waals surface area contributed by atoms with Gasteiger partial charge in [0.1, 0.15) is 6.33 Å². The van der Waals surface area contributed by atoms with Crippen molar-refractivity contribution in [3.05, 3.63) is 47.5 Å². The molecular weight excluding hydrogens is 421 g/mol. The average Bonchev–Trinajstić information content (AvgIpc) is 3.65. The summed E-state index contributed by atoms with van der Waals surface area (Å²) in [7, 11) is 0. The van der Waals surface area contributed by atoms with Crippen LogP contribution in [0.3, 0.4) is 0 Å². The summed E-state index contributed by atoms with van der Waals surface area (Å²) in [5, 5.41) is 12.9. The largest absolute Gasteiger partial charge is 0.369 e. The lowest BCUT2D eigenvalue weighted by Crippen LogP contribution is -2.45. The highest BCUT2D eigenvalue weighted by molar-refractivity contribution is 5.75. The molecule has 1 aliphatic carbocycles. The number of primary amides is 1. The number of rotatable bonds is 9. The normalized spacial score (nSPS) is 17.8. The third kappa shape index (κ3) is 5.57. The van der Waals surface area contributed by atoms with Crippen LogP contribution < -0.4 is 16.0 Å². The van der Waals surface area contributed by atoms with Crippen molar-refractivity contribution in [3.8, 4) is 6.07 Å². The van der Waals surface area contributed by atoms with Gasteiger partial charge in [-0.25, -0.2) is 9.97 Å². The van der Waals surface area contributed by atoms with E-state index in [2.05, 4.69) is 45.6 Å². The van der Waals surface area contributed by atoms with E-state index >= 15 is 4.39 Å². The maximum Gasteiger partial charge on any atom is 0.231 e. The molecule has 0 unspecified atom stereocenters. The van der Waals surface area contributed by atoms with Crippen molar-refractivity contribution in [3.63, 3.8) is 0 Å². The van der Waals surface area contributed by atoms with E-state index in [4.69, 9.17) is 5.73 Å². The second-order valence-corrected chi connectivity index (χ2v) is 9.19. The number of hydrogen-bond donors (Lipinski definition) is 2. The van der Waals surface area contributed by atoms with Gasteiger partial charge in [0.2, 0.25) is 11.7 Å². The lowest BCUT2D eigenvalue weighted by atomic mass is 9.79. The maximum atomic E-state index is 15.5. The van der Waals surface area contributed by atoms with Gasteiger partial charge in [-0.3, -0.25) is 9.69 Å². The van der Waals surface area contributed by atoms with Crippen LogP contribution in [0.15, 0.2) is 30.6 Å². The quantitative estimate of drug-likeness (QED) is 0.603. The van der Waals surface area contributed by atoms with Crippen LogP contribution in [-0.2, 0) is 11.3 Å². The van der Waals surface area contributed by atoms with Crippen molar-refractivity contribution in [2.75, 3.05) is 36.4 Å². The van der Waals surface area contributed by atoms with Crippen LogP contribution in [0, 0.1) is 29.5 Å². The summed E-state index contributed by atoms with van der Waals surface area (Å²) in [5.41, 5.74) is 6.91. The minimum absolute atomic E-state index is 0.115. The summed E-state index contributed by atoms with van der Waals surface area (Å²) in [6.45, 7) is 4.29. The van der Waals surface area contributed by atoms with Gasteiger partial charge in [-0.2, -0.15) is 9.65 Å².